The summed E-state index contributed by atoms with van der Waals surface area (Å²) in [5.74, 6) is -1.12. The molecule has 1 aromatic carbocycles. The van der Waals surface area contributed by atoms with Gasteiger partial charge in [-0.1, -0.05) is 23.9 Å². The van der Waals surface area contributed by atoms with Gasteiger partial charge in [-0.05, 0) is 38.5 Å². The number of thioether (sulfide) groups is 1. The number of para-hydroxylation sites is 1. The van der Waals surface area contributed by atoms with Gasteiger partial charge in [0.05, 0.1) is 17.1 Å². The topological polar surface area (TPSA) is 85.8 Å². The Morgan fingerprint density at radius 2 is 1.96 bits per heavy atom. The molecule has 0 aliphatic rings. The summed E-state index contributed by atoms with van der Waals surface area (Å²) in [6, 6.07) is 6.26. The number of hydrogen-bond acceptors (Lipinski definition) is 5. The fourth-order valence-corrected chi connectivity index (χ4v) is 3.26. The Bertz CT molecular complexity index is 966. The quantitative estimate of drug-likeness (QED) is 0.667. The van der Waals surface area contributed by atoms with Crippen LogP contribution in [-0.2, 0) is 11.3 Å². The van der Waals surface area contributed by atoms with Gasteiger partial charge in [0, 0.05) is 5.69 Å². The third-order valence-corrected chi connectivity index (χ3v) is 5.07. The van der Waals surface area contributed by atoms with E-state index in [0.29, 0.717) is 17.5 Å². The average molecular weight is 375 g/mol. The second-order valence-electron chi connectivity index (χ2n) is 5.82. The third-order valence-electron chi connectivity index (χ3n) is 4.15. The maximum absolute atomic E-state index is 14.4. The summed E-state index contributed by atoms with van der Waals surface area (Å²) in [5.41, 5.74) is 3.27. The fraction of sp³-hybridized carbons (Fsp3) is 0.294. The molecule has 0 saturated heterocycles. The highest BCUT2D eigenvalue weighted by molar-refractivity contribution is 7.99. The minimum absolute atomic E-state index is 0.189. The number of nitrogens with zero attached hydrogens (tertiary/aromatic N) is 5. The van der Waals surface area contributed by atoms with Crippen LogP contribution in [0.5, 0.6) is 0 Å². The van der Waals surface area contributed by atoms with Gasteiger partial charge in [-0.3, -0.25) is 14.0 Å². The van der Waals surface area contributed by atoms with Crippen molar-refractivity contribution in [1.82, 2.24) is 24.5 Å². The van der Waals surface area contributed by atoms with Crippen LogP contribution in [-0.4, -0.2) is 41.4 Å². The molecule has 0 radical (unpaired) electrons. The van der Waals surface area contributed by atoms with E-state index in [1.54, 1.807) is 27.4 Å². The van der Waals surface area contributed by atoms with Crippen molar-refractivity contribution in [2.75, 3.05) is 5.75 Å². The molecule has 9 heteroatoms. The lowest BCUT2D eigenvalue weighted by Crippen LogP contribution is -2.12. The number of aliphatic carboxylic acids is 1. The molecular formula is C17H18FN5O2S. The van der Waals surface area contributed by atoms with E-state index in [1.165, 1.54) is 6.07 Å². The van der Waals surface area contributed by atoms with Crippen molar-refractivity contribution >= 4 is 17.7 Å². The van der Waals surface area contributed by atoms with Crippen LogP contribution < -0.4 is 0 Å². The first-order chi connectivity index (χ1) is 12.4. The molecule has 0 aliphatic carbocycles. The number of aromatic nitrogens is 5. The lowest BCUT2D eigenvalue weighted by atomic mass is 10.2. The summed E-state index contributed by atoms with van der Waals surface area (Å²) in [4.78, 5) is 10.9. The predicted octanol–water partition coefficient (Wildman–Crippen LogP) is 2.75. The van der Waals surface area contributed by atoms with Crippen LogP contribution in [0.4, 0.5) is 4.39 Å². The molecule has 0 atom stereocenters. The predicted molar refractivity (Wildman–Crippen MR) is 95.2 cm³/mol. The van der Waals surface area contributed by atoms with Crippen molar-refractivity contribution in [3.8, 4) is 5.69 Å². The lowest BCUT2D eigenvalue weighted by Gasteiger charge is -2.11. The zero-order chi connectivity index (χ0) is 18.8. The minimum atomic E-state index is -0.978. The van der Waals surface area contributed by atoms with Crippen LogP contribution in [0.15, 0.2) is 29.4 Å². The van der Waals surface area contributed by atoms with Gasteiger partial charge < -0.3 is 5.11 Å². The van der Waals surface area contributed by atoms with Gasteiger partial charge in [-0.2, -0.15) is 5.10 Å². The van der Waals surface area contributed by atoms with Crippen LogP contribution in [0.25, 0.3) is 5.69 Å². The molecule has 0 saturated carbocycles. The summed E-state index contributed by atoms with van der Waals surface area (Å²) >= 11 is 0.996. The highest BCUT2D eigenvalue weighted by atomic mass is 32.2. The van der Waals surface area contributed by atoms with Crippen molar-refractivity contribution in [1.29, 1.82) is 0 Å². The average Bonchev–Trinajstić information content (AvgIpc) is 3.10. The Labute approximate surface area is 153 Å². The molecule has 0 amide bonds. The number of carbonyl (C=O) groups is 1. The van der Waals surface area contributed by atoms with E-state index >= 15 is 0 Å². The molecule has 0 aliphatic heterocycles. The zero-order valence-corrected chi connectivity index (χ0v) is 15.4. The molecule has 1 N–H and O–H groups in total. The Morgan fingerprint density at radius 3 is 2.58 bits per heavy atom. The molecule has 2 heterocycles. The molecule has 0 bridgehead atoms. The summed E-state index contributed by atoms with van der Waals surface area (Å²) in [7, 11) is 0. The van der Waals surface area contributed by atoms with Crippen LogP contribution in [0.1, 0.15) is 22.8 Å². The van der Waals surface area contributed by atoms with Gasteiger partial charge in [0.15, 0.2) is 11.0 Å². The van der Waals surface area contributed by atoms with Gasteiger partial charge in [0.2, 0.25) is 0 Å². The molecular weight excluding hydrogens is 357 g/mol. The van der Waals surface area contributed by atoms with E-state index < -0.39 is 11.8 Å². The third kappa shape index (κ3) is 3.48. The molecule has 0 spiro atoms. The van der Waals surface area contributed by atoms with E-state index in [2.05, 4.69) is 15.3 Å². The van der Waals surface area contributed by atoms with Gasteiger partial charge in [0.25, 0.3) is 0 Å². The Kier molecular flexibility index (Phi) is 5.08. The number of hydrogen-bond donors (Lipinski definition) is 1. The summed E-state index contributed by atoms with van der Waals surface area (Å²) in [6.45, 7) is 6.17. The Morgan fingerprint density at radius 1 is 1.23 bits per heavy atom. The molecule has 26 heavy (non-hydrogen) atoms. The Balaban J connectivity index is 2.06. The van der Waals surface area contributed by atoms with Crippen LogP contribution in [0, 0.1) is 26.6 Å². The second kappa shape index (κ2) is 7.28. The number of rotatable bonds is 6. The monoisotopic (exact) mass is 375 g/mol. The number of halogens is 1. The maximum atomic E-state index is 14.4. The SMILES string of the molecule is Cc1nn(Cc2nnc(SCC(=O)O)n2-c2ccccc2F)c(C)c1C. The number of aryl methyl sites for hydroxylation is 1. The molecule has 136 valence electrons. The van der Waals surface area contributed by atoms with Crippen LogP contribution in [0.3, 0.4) is 0 Å². The van der Waals surface area contributed by atoms with E-state index in [9.17, 15) is 9.18 Å². The summed E-state index contributed by atoms with van der Waals surface area (Å²) in [5, 5.41) is 22.0. The smallest absolute Gasteiger partial charge is 0.313 e. The minimum Gasteiger partial charge on any atom is -0.481 e. The number of benzene rings is 1. The number of carboxylic acid groups (broad SMARTS) is 1. The van der Waals surface area contributed by atoms with Crippen molar-refractivity contribution in [2.24, 2.45) is 0 Å². The lowest BCUT2D eigenvalue weighted by molar-refractivity contribution is -0.133. The van der Waals surface area contributed by atoms with Gasteiger partial charge in [-0.25, -0.2) is 4.39 Å². The van der Waals surface area contributed by atoms with E-state index in [1.807, 2.05) is 20.8 Å². The maximum Gasteiger partial charge on any atom is 0.313 e. The fourth-order valence-electron chi connectivity index (χ4n) is 2.57. The standard InChI is InChI=1S/C17H18FN5O2S/c1-10-11(2)21-22(12(10)3)8-15-19-20-17(26-9-16(24)25)23(15)14-7-5-4-6-13(14)18/h4-7H,8-9H2,1-3H3,(H,24,25). The van der Waals surface area contributed by atoms with Gasteiger partial charge in [0.1, 0.15) is 12.4 Å². The van der Waals surface area contributed by atoms with Crippen molar-refractivity contribution in [3.05, 3.63) is 52.9 Å². The zero-order valence-electron chi connectivity index (χ0n) is 14.6. The first-order valence-electron chi connectivity index (χ1n) is 7.93. The van der Waals surface area contributed by atoms with E-state index in [4.69, 9.17) is 5.11 Å². The molecule has 3 rings (SSSR count). The van der Waals surface area contributed by atoms with Crippen molar-refractivity contribution in [2.45, 2.75) is 32.5 Å². The van der Waals surface area contributed by atoms with Gasteiger partial charge >= 0.3 is 5.97 Å². The van der Waals surface area contributed by atoms with Crippen molar-refractivity contribution in [3.63, 3.8) is 0 Å². The van der Waals surface area contributed by atoms with Gasteiger partial charge in [-0.15, -0.1) is 10.2 Å². The highest BCUT2D eigenvalue weighted by Crippen LogP contribution is 2.24. The Hall–Kier alpha value is -2.68. The highest BCUT2D eigenvalue weighted by Gasteiger charge is 2.19. The molecule has 2 aromatic heterocycles. The van der Waals surface area contributed by atoms with E-state index in [0.717, 1.165) is 28.7 Å². The molecule has 0 unspecified atom stereocenters. The largest absolute Gasteiger partial charge is 0.481 e. The normalized spacial score (nSPS) is 11.1. The van der Waals surface area contributed by atoms with E-state index in [-0.39, 0.29) is 11.4 Å². The summed E-state index contributed by atoms with van der Waals surface area (Å²) in [6.07, 6.45) is 0. The summed E-state index contributed by atoms with van der Waals surface area (Å²) < 4.78 is 17.7. The first kappa shape index (κ1) is 18.1. The molecule has 7 nitrogen and oxygen atoms in total. The number of carboxylic acids is 1. The van der Waals surface area contributed by atoms with Crippen molar-refractivity contribution < 1.29 is 14.3 Å². The molecule has 3 aromatic rings. The van der Waals surface area contributed by atoms with Crippen LogP contribution >= 0.6 is 11.8 Å². The molecule has 0 fully saturated rings. The van der Waals surface area contributed by atoms with Crippen LogP contribution in [0.2, 0.25) is 0 Å². The first-order valence-corrected chi connectivity index (χ1v) is 8.91. The second-order valence-corrected chi connectivity index (χ2v) is 6.76.